The van der Waals surface area contributed by atoms with Gasteiger partial charge in [0, 0.05) is 25.5 Å². The second-order valence-electron chi connectivity index (χ2n) is 4.14. The SMILES string of the molecule is CN(C)c1ccccc1.Cc1cccc(N)c1. The normalized spacial score (nSPS) is 9.12. The number of hydrogen-bond acceptors (Lipinski definition) is 2. The van der Waals surface area contributed by atoms with Crippen molar-refractivity contribution in [1.82, 2.24) is 0 Å². The van der Waals surface area contributed by atoms with Crippen molar-refractivity contribution in [2.75, 3.05) is 24.7 Å². The van der Waals surface area contributed by atoms with Crippen LogP contribution in [0.2, 0.25) is 0 Å². The van der Waals surface area contributed by atoms with Crippen LogP contribution in [0.1, 0.15) is 5.56 Å². The molecule has 0 saturated carbocycles. The molecule has 0 unspecified atom stereocenters. The molecule has 0 aromatic heterocycles. The Morgan fingerprint density at radius 3 is 1.88 bits per heavy atom. The summed E-state index contributed by atoms with van der Waals surface area (Å²) < 4.78 is 0. The highest BCUT2D eigenvalue weighted by Gasteiger charge is 1.87. The average Bonchev–Trinajstić information content (AvgIpc) is 2.30. The quantitative estimate of drug-likeness (QED) is 0.759. The van der Waals surface area contributed by atoms with Gasteiger partial charge in [0.25, 0.3) is 0 Å². The predicted molar refractivity (Wildman–Crippen MR) is 76.4 cm³/mol. The highest BCUT2D eigenvalue weighted by atomic mass is 15.1. The summed E-state index contributed by atoms with van der Waals surface area (Å²) in [6.45, 7) is 2.02. The number of hydrogen-bond donors (Lipinski definition) is 1. The van der Waals surface area contributed by atoms with Crippen molar-refractivity contribution in [3.05, 3.63) is 60.2 Å². The summed E-state index contributed by atoms with van der Waals surface area (Å²) in [6, 6.07) is 18.1. The number of nitrogens with two attached hydrogens (primary N) is 1. The number of aryl methyl sites for hydroxylation is 1. The van der Waals surface area contributed by atoms with Crippen LogP contribution in [0.4, 0.5) is 11.4 Å². The van der Waals surface area contributed by atoms with E-state index in [0.29, 0.717) is 0 Å². The molecule has 17 heavy (non-hydrogen) atoms. The van der Waals surface area contributed by atoms with E-state index in [2.05, 4.69) is 17.0 Å². The molecule has 0 spiro atoms. The summed E-state index contributed by atoms with van der Waals surface area (Å²) >= 11 is 0. The van der Waals surface area contributed by atoms with E-state index in [-0.39, 0.29) is 0 Å². The van der Waals surface area contributed by atoms with Gasteiger partial charge in [-0.3, -0.25) is 0 Å². The van der Waals surface area contributed by atoms with Crippen LogP contribution in [0, 0.1) is 6.92 Å². The van der Waals surface area contributed by atoms with Crippen molar-refractivity contribution in [1.29, 1.82) is 0 Å². The first-order valence-electron chi connectivity index (χ1n) is 5.64. The molecule has 2 heteroatoms. The third kappa shape index (κ3) is 5.07. The fourth-order valence-electron chi connectivity index (χ4n) is 1.40. The Hall–Kier alpha value is -1.96. The maximum Gasteiger partial charge on any atom is 0.0360 e. The minimum Gasteiger partial charge on any atom is -0.399 e. The Kier molecular flexibility index (Phi) is 5.08. The molecule has 0 atom stereocenters. The van der Waals surface area contributed by atoms with E-state index in [0.717, 1.165) is 5.69 Å². The second-order valence-corrected chi connectivity index (χ2v) is 4.14. The second kappa shape index (κ2) is 6.59. The Morgan fingerprint density at radius 2 is 1.53 bits per heavy atom. The van der Waals surface area contributed by atoms with E-state index >= 15 is 0 Å². The molecule has 0 radical (unpaired) electrons. The summed E-state index contributed by atoms with van der Waals surface area (Å²) in [7, 11) is 4.07. The first-order valence-corrected chi connectivity index (χ1v) is 5.64. The minimum atomic E-state index is 0.838. The maximum atomic E-state index is 5.46. The summed E-state index contributed by atoms with van der Waals surface area (Å²) in [6.07, 6.45) is 0. The first kappa shape index (κ1) is 13.1. The monoisotopic (exact) mass is 228 g/mol. The molecule has 0 bridgehead atoms. The molecule has 2 nitrogen and oxygen atoms in total. The Bertz CT molecular complexity index is 418. The molecular formula is C15H20N2. The van der Waals surface area contributed by atoms with Crippen molar-refractivity contribution < 1.29 is 0 Å². The number of nitrogens with zero attached hydrogens (tertiary/aromatic N) is 1. The van der Waals surface area contributed by atoms with E-state index in [1.54, 1.807) is 0 Å². The van der Waals surface area contributed by atoms with Crippen LogP contribution in [0.15, 0.2) is 54.6 Å². The standard InChI is InChI=1S/C8H11N.C7H9N/c1-9(2)8-6-4-3-5-7-8;1-6-3-2-4-7(8)5-6/h3-7H,1-2H3;2-5H,8H2,1H3. The molecule has 2 N–H and O–H groups in total. The third-order valence-corrected chi connectivity index (χ3v) is 2.31. The van der Waals surface area contributed by atoms with Crippen molar-refractivity contribution >= 4 is 11.4 Å². The number of rotatable bonds is 1. The lowest BCUT2D eigenvalue weighted by molar-refractivity contribution is 1.13. The molecule has 0 aliphatic heterocycles. The Balaban J connectivity index is 0.000000171. The van der Waals surface area contributed by atoms with E-state index < -0.39 is 0 Å². The van der Waals surface area contributed by atoms with Gasteiger partial charge in [-0.1, -0.05) is 30.3 Å². The van der Waals surface area contributed by atoms with Crippen molar-refractivity contribution in [3.8, 4) is 0 Å². The minimum absolute atomic E-state index is 0.838. The molecule has 0 heterocycles. The summed E-state index contributed by atoms with van der Waals surface area (Å²) in [5, 5.41) is 0. The van der Waals surface area contributed by atoms with Gasteiger partial charge < -0.3 is 10.6 Å². The molecule has 0 fully saturated rings. The zero-order valence-electron chi connectivity index (χ0n) is 10.7. The molecule has 90 valence electrons. The zero-order valence-corrected chi connectivity index (χ0v) is 10.7. The fourth-order valence-corrected chi connectivity index (χ4v) is 1.40. The molecule has 2 aromatic rings. The lowest BCUT2D eigenvalue weighted by atomic mass is 10.2. The van der Waals surface area contributed by atoms with Crippen LogP contribution in [0.3, 0.4) is 0 Å². The van der Waals surface area contributed by atoms with Crippen LogP contribution in [-0.2, 0) is 0 Å². The molecule has 2 rings (SSSR count). The van der Waals surface area contributed by atoms with Crippen LogP contribution >= 0.6 is 0 Å². The van der Waals surface area contributed by atoms with E-state index in [9.17, 15) is 0 Å². The van der Waals surface area contributed by atoms with Gasteiger partial charge in [-0.05, 0) is 36.8 Å². The maximum absolute atomic E-state index is 5.46. The van der Waals surface area contributed by atoms with Gasteiger partial charge in [0.05, 0.1) is 0 Å². The Labute approximate surface area is 104 Å². The molecule has 2 aromatic carbocycles. The molecule has 0 amide bonds. The largest absolute Gasteiger partial charge is 0.399 e. The van der Waals surface area contributed by atoms with E-state index in [1.165, 1.54) is 11.3 Å². The van der Waals surface area contributed by atoms with Crippen molar-refractivity contribution in [2.24, 2.45) is 0 Å². The molecule has 0 saturated heterocycles. The summed E-state index contributed by atoms with van der Waals surface area (Å²) in [5.41, 5.74) is 8.76. The van der Waals surface area contributed by atoms with Crippen LogP contribution < -0.4 is 10.6 Å². The van der Waals surface area contributed by atoms with Gasteiger partial charge in [-0.25, -0.2) is 0 Å². The van der Waals surface area contributed by atoms with Crippen molar-refractivity contribution in [3.63, 3.8) is 0 Å². The average molecular weight is 228 g/mol. The highest BCUT2D eigenvalue weighted by Crippen LogP contribution is 2.07. The van der Waals surface area contributed by atoms with Gasteiger partial charge >= 0.3 is 0 Å². The highest BCUT2D eigenvalue weighted by molar-refractivity contribution is 5.43. The third-order valence-electron chi connectivity index (χ3n) is 2.31. The van der Waals surface area contributed by atoms with Crippen LogP contribution in [-0.4, -0.2) is 14.1 Å². The zero-order chi connectivity index (χ0) is 12.7. The van der Waals surface area contributed by atoms with Gasteiger partial charge in [-0.15, -0.1) is 0 Å². The number of para-hydroxylation sites is 1. The van der Waals surface area contributed by atoms with Crippen LogP contribution in [0.5, 0.6) is 0 Å². The lowest BCUT2D eigenvalue weighted by Gasteiger charge is -2.10. The lowest BCUT2D eigenvalue weighted by Crippen LogP contribution is -2.07. The summed E-state index contributed by atoms with van der Waals surface area (Å²) in [4.78, 5) is 2.08. The van der Waals surface area contributed by atoms with Crippen LogP contribution in [0.25, 0.3) is 0 Å². The van der Waals surface area contributed by atoms with E-state index in [1.807, 2.05) is 63.5 Å². The number of benzene rings is 2. The topological polar surface area (TPSA) is 29.3 Å². The molecular weight excluding hydrogens is 208 g/mol. The molecule has 0 aliphatic rings. The van der Waals surface area contributed by atoms with Gasteiger partial charge in [-0.2, -0.15) is 0 Å². The predicted octanol–water partition coefficient (Wildman–Crippen LogP) is 3.33. The first-order chi connectivity index (χ1) is 8.09. The van der Waals surface area contributed by atoms with Gasteiger partial charge in [0.15, 0.2) is 0 Å². The van der Waals surface area contributed by atoms with Gasteiger partial charge in [0.2, 0.25) is 0 Å². The summed E-state index contributed by atoms with van der Waals surface area (Å²) in [5.74, 6) is 0. The number of nitrogen functional groups attached to an aromatic ring is 1. The smallest absolute Gasteiger partial charge is 0.0360 e. The van der Waals surface area contributed by atoms with Crippen molar-refractivity contribution in [2.45, 2.75) is 6.92 Å². The van der Waals surface area contributed by atoms with E-state index in [4.69, 9.17) is 5.73 Å². The van der Waals surface area contributed by atoms with Gasteiger partial charge in [0.1, 0.15) is 0 Å². The molecule has 0 aliphatic carbocycles. The number of anilines is 2. The fraction of sp³-hybridized carbons (Fsp3) is 0.200. The Morgan fingerprint density at radius 1 is 0.882 bits per heavy atom.